The first-order valence-corrected chi connectivity index (χ1v) is 10.9. The van der Waals surface area contributed by atoms with E-state index in [0.29, 0.717) is 26.5 Å². The van der Waals surface area contributed by atoms with E-state index in [0.717, 1.165) is 16.9 Å². The summed E-state index contributed by atoms with van der Waals surface area (Å²) in [6, 6.07) is 23.0. The van der Waals surface area contributed by atoms with E-state index >= 15 is 0 Å². The molecule has 0 radical (unpaired) electrons. The SMILES string of the molecule is Cc1ccc(COc2cccc(/C=C3\SC(=S)N(c4ccc(Cl)cc4)C3=O)c2)cc1. The van der Waals surface area contributed by atoms with E-state index in [-0.39, 0.29) is 5.91 Å². The molecule has 3 aromatic rings. The third-order valence-electron chi connectivity index (χ3n) is 4.56. The Balaban J connectivity index is 1.49. The van der Waals surface area contributed by atoms with Crippen molar-refractivity contribution < 1.29 is 9.53 Å². The zero-order valence-electron chi connectivity index (χ0n) is 16.2. The molecule has 0 spiro atoms. The van der Waals surface area contributed by atoms with Gasteiger partial charge >= 0.3 is 0 Å². The number of hydrogen-bond donors (Lipinski definition) is 0. The van der Waals surface area contributed by atoms with Crippen molar-refractivity contribution in [3.63, 3.8) is 0 Å². The van der Waals surface area contributed by atoms with Crippen LogP contribution in [-0.4, -0.2) is 10.2 Å². The molecule has 0 saturated carbocycles. The number of benzene rings is 3. The average molecular weight is 452 g/mol. The molecule has 0 bridgehead atoms. The van der Waals surface area contributed by atoms with E-state index in [4.69, 9.17) is 28.6 Å². The minimum atomic E-state index is -0.140. The second-order valence-electron chi connectivity index (χ2n) is 6.84. The van der Waals surface area contributed by atoms with Crippen LogP contribution in [0.25, 0.3) is 6.08 Å². The second kappa shape index (κ2) is 9.04. The average Bonchev–Trinajstić information content (AvgIpc) is 3.02. The first-order valence-electron chi connectivity index (χ1n) is 9.31. The Morgan fingerprint density at radius 3 is 2.53 bits per heavy atom. The fraction of sp³-hybridized carbons (Fsp3) is 0.0833. The van der Waals surface area contributed by atoms with Gasteiger partial charge in [-0.15, -0.1) is 0 Å². The van der Waals surface area contributed by atoms with Gasteiger partial charge in [0.25, 0.3) is 5.91 Å². The lowest BCUT2D eigenvalue weighted by Gasteiger charge is -2.14. The van der Waals surface area contributed by atoms with Crippen molar-refractivity contribution >= 4 is 57.6 Å². The van der Waals surface area contributed by atoms with Gasteiger partial charge in [-0.2, -0.15) is 0 Å². The van der Waals surface area contributed by atoms with Gasteiger partial charge in [0.2, 0.25) is 0 Å². The zero-order valence-corrected chi connectivity index (χ0v) is 18.6. The van der Waals surface area contributed by atoms with Crippen LogP contribution in [0.5, 0.6) is 5.75 Å². The number of halogens is 1. The highest BCUT2D eigenvalue weighted by molar-refractivity contribution is 8.27. The summed E-state index contributed by atoms with van der Waals surface area (Å²) in [6.07, 6.45) is 1.84. The third-order valence-corrected chi connectivity index (χ3v) is 6.11. The van der Waals surface area contributed by atoms with Gasteiger partial charge in [-0.05, 0) is 60.5 Å². The van der Waals surface area contributed by atoms with Crippen LogP contribution in [-0.2, 0) is 11.4 Å². The van der Waals surface area contributed by atoms with E-state index in [2.05, 4.69) is 31.2 Å². The molecule has 0 unspecified atom stereocenters. The van der Waals surface area contributed by atoms with Gasteiger partial charge in [0, 0.05) is 5.02 Å². The van der Waals surface area contributed by atoms with Crippen LogP contribution in [0.4, 0.5) is 5.69 Å². The first kappa shape index (κ1) is 20.7. The highest BCUT2D eigenvalue weighted by atomic mass is 35.5. The largest absolute Gasteiger partial charge is 0.489 e. The Morgan fingerprint density at radius 1 is 1.07 bits per heavy atom. The molecule has 1 amide bonds. The van der Waals surface area contributed by atoms with Crippen LogP contribution >= 0.6 is 35.6 Å². The van der Waals surface area contributed by atoms with Crippen LogP contribution in [0.1, 0.15) is 16.7 Å². The number of anilines is 1. The summed E-state index contributed by atoms with van der Waals surface area (Å²) in [5.74, 6) is 0.607. The molecule has 1 heterocycles. The minimum absolute atomic E-state index is 0.140. The van der Waals surface area contributed by atoms with Gasteiger partial charge in [-0.1, -0.05) is 77.5 Å². The number of amides is 1. The monoisotopic (exact) mass is 451 g/mol. The summed E-state index contributed by atoms with van der Waals surface area (Å²) >= 11 is 12.7. The van der Waals surface area contributed by atoms with Crippen LogP contribution in [0.15, 0.2) is 77.7 Å². The van der Waals surface area contributed by atoms with Crippen molar-refractivity contribution in [2.24, 2.45) is 0 Å². The summed E-state index contributed by atoms with van der Waals surface area (Å²) < 4.78 is 6.42. The Labute approximate surface area is 190 Å². The number of ether oxygens (including phenoxy) is 1. The number of thiocarbonyl (C=S) groups is 1. The van der Waals surface area contributed by atoms with E-state index in [1.807, 2.05) is 30.3 Å². The van der Waals surface area contributed by atoms with Gasteiger partial charge in [0.15, 0.2) is 4.32 Å². The summed E-state index contributed by atoms with van der Waals surface area (Å²) in [7, 11) is 0. The van der Waals surface area contributed by atoms with Gasteiger partial charge in [-0.3, -0.25) is 9.69 Å². The molecule has 6 heteroatoms. The standard InChI is InChI=1S/C24H18ClNO2S2/c1-16-5-7-17(8-6-16)15-28-21-4-2-3-18(13-21)14-22-23(27)26(24(29)30-22)20-11-9-19(25)10-12-20/h2-14H,15H2,1H3/b22-14-. The van der Waals surface area contributed by atoms with Crippen LogP contribution in [0.2, 0.25) is 5.02 Å². The first-order chi connectivity index (χ1) is 14.5. The summed E-state index contributed by atoms with van der Waals surface area (Å²) in [5.41, 5.74) is 3.92. The van der Waals surface area contributed by atoms with Crippen molar-refractivity contribution in [1.29, 1.82) is 0 Å². The number of hydrogen-bond acceptors (Lipinski definition) is 4. The molecule has 30 heavy (non-hydrogen) atoms. The minimum Gasteiger partial charge on any atom is -0.489 e. The maximum Gasteiger partial charge on any atom is 0.270 e. The molecular weight excluding hydrogens is 434 g/mol. The molecule has 4 rings (SSSR count). The van der Waals surface area contributed by atoms with Crippen molar-refractivity contribution in [2.75, 3.05) is 4.90 Å². The summed E-state index contributed by atoms with van der Waals surface area (Å²) in [4.78, 5) is 15.0. The Morgan fingerprint density at radius 2 is 1.80 bits per heavy atom. The number of rotatable bonds is 5. The van der Waals surface area contributed by atoms with Crippen molar-refractivity contribution in [2.45, 2.75) is 13.5 Å². The lowest BCUT2D eigenvalue weighted by molar-refractivity contribution is -0.113. The molecule has 0 aromatic heterocycles. The number of carbonyl (C=O) groups is 1. The predicted octanol–water partition coefficient (Wildman–Crippen LogP) is 6.63. The van der Waals surface area contributed by atoms with Crippen LogP contribution in [0, 0.1) is 6.92 Å². The fourth-order valence-corrected chi connectivity index (χ4v) is 4.40. The van der Waals surface area contributed by atoms with Crippen molar-refractivity contribution in [3.8, 4) is 5.75 Å². The molecule has 0 N–H and O–H groups in total. The molecule has 0 aliphatic carbocycles. The topological polar surface area (TPSA) is 29.5 Å². The molecule has 0 atom stereocenters. The molecule has 1 aliphatic rings. The van der Waals surface area contributed by atoms with Gasteiger partial charge in [-0.25, -0.2) is 0 Å². The highest BCUT2D eigenvalue weighted by Crippen LogP contribution is 2.36. The summed E-state index contributed by atoms with van der Waals surface area (Å²) in [5, 5.41) is 0.613. The molecule has 1 aliphatic heterocycles. The Hall–Kier alpha value is -2.60. The molecule has 3 aromatic carbocycles. The maximum absolute atomic E-state index is 12.9. The summed E-state index contributed by atoms with van der Waals surface area (Å²) in [6.45, 7) is 2.55. The van der Waals surface area contributed by atoms with Crippen molar-refractivity contribution in [1.82, 2.24) is 0 Å². The molecule has 1 fully saturated rings. The number of carbonyl (C=O) groups excluding carboxylic acids is 1. The second-order valence-corrected chi connectivity index (χ2v) is 8.95. The van der Waals surface area contributed by atoms with E-state index in [1.54, 1.807) is 24.3 Å². The van der Waals surface area contributed by atoms with Gasteiger partial charge < -0.3 is 4.74 Å². The van der Waals surface area contributed by atoms with E-state index < -0.39 is 0 Å². The lowest BCUT2D eigenvalue weighted by atomic mass is 10.1. The van der Waals surface area contributed by atoms with E-state index in [9.17, 15) is 4.79 Å². The Bertz CT molecular complexity index is 1120. The third kappa shape index (κ3) is 4.75. The number of nitrogens with zero attached hydrogens (tertiary/aromatic N) is 1. The molecule has 150 valence electrons. The quantitative estimate of drug-likeness (QED) is 0.321. The molecular formula is C24H18ClNO2S2. The van der Waals surface area contributed by atoms with Crippen LogP contribution < -0.4 is 9.64 Å². The van der Waals surface area contributed by atoms with Crippen LogP contribution in [0.3, 0.4) is 0 Å². The van der Waals surface area contributed by atoms with Gasteiger partial charge in [0.1, 0.15) is 12.4 Å². The number of aryl methyl sites for hydroxylation is 1. The lowest BCUT2D eigenvalue weighted by Crippen LogP contribution is -2.27. The molecule has 1 saturated heterocycles. The number of thioether (sulfide) groups is 1. The predicted molar refractivity (Wildman–Crippen MR) is 129 cm³/mol. The maximum atomic E-state index is 12.9. The Kier molecular flexibility index (Phi) is 6.23. The molecule has 3 nitrogen and oxygen atoms in total. The smallest absolute Gasteiger partial charge is 0.270 e. The highest BCUT2D eigenvalue weighted by Gasteiger charge is 2.33. The van der Waals surface area contributed by atoms with Crippen molar-refractivity contribution in [3.05, 3.63) is 99.4 Å². The normalized spacial score (nSPS) is 15.1. The van der Waals surface area contributed by atoms with Gasteiger partial charge in [0.05, 0.1) is 10.6 Å². The van der Waals surface area contributed by atoms with E-state index in [1.165, 1.54) is 22.2 Å². The zero-order chi connectivity index (χ0) is 21.1. The fourth-order valence-electron chi connectivity index (χ4n) is 2.98.